The Morgan fingerprint density at radius 2 is 2.14 bits per heavy atom. The van der Waals surface area contributed by atoms with Crippen molar-refractivity contribution in [2.45, 2.75) is 26.4 Å². The lowest BCUT2D eigenvalue weighted by molar-refractivity contribution is 0.161. The van der Waals surface area contributed by atoms with Gasteiger partial charge >= 0.3 is 0 Å². The van der Waals surface area contributed by atoms with Crippen LogP contribution in [0.5, 0.6) is 5.75 Å². The summed E-state index contributed by atoms with van der Waals surface area (Å²) in [5, 5.41) is 9.51. The number of benzene rings is 1. The van der Waals surface area contributed by atoms with Crippen molar-refractivity contribution in [3.8, 4) is 5.75 Å². The third-order valence-corrected chi connectivity index (χ3v) is 1.95. The fourth-order valence-corrected chi connectivity index (χ4v) is 1.25. The topological polar surface area (TPSA) is 29.5 Å². The van der Waals surface area contributed by atoms with Crippen molar-refractivity contribution in [1.29, 1.82) is 0 Å². The molecule has 0 aliphatic heterocycles. The third-order valence-electron chi connectivity index (χ3n) is 1.95. The highest BCUT2D eigenvalue weighted by molar-refractivity contribution is 5.32. The Balaban J connectivity index is 2.55. The first kappa shape index (κ1) is 10.6. The molecule has 1 aromatic carbocycles. The van der Waals surface area contributed by atoms with E-state index in [2.05, 4.69) is 0 Å². The monoisotopic (exact) mass is 192 g/mol. The molecule has 0 fully saturated rings. The van der Waals surface area contributed by atoms with Crippen LogP contribution in [-0.4, -0.2) is 11.2 Å². The van der Waals surface area contributed by atoms with Gasteiger partial charge in [-0.1, -0.05) is 24.3 Å². The molecule has 14 heavy (non-hydrogen) atoms. The van der Waals surface area contributed by atoms with E-state index in [9.17, 15) is 5.11 Å². The van der Waals surface area contributed by atoms with E-state index in [1.807, 2.05) is 38.1 Å². The summed E-state index contributed by atoms with van der Waals surface area (Å²) in [5.41, 5.74) is 0.921. The first-order chi connectivity index (χ1) is 6.74. The van der Waals surface area contributed by atoms with Crippen molar-refractivity contribution in [2.75, 3.05) is 0 Å². The van der Waals surface area contributed by atoms with Crippen LogP contribution in [-0.2, 0) is 11.2 Å². The van der Waals surface area contributed by atoms with Crippen LogP contribution in [0.1, 0.15) is 19.4 Å². The van der Waals surface area contributed by atoms with E-state index in [0.29, 0.717) is 5.75 Å². The molecule has 1 aromatic rings. The zero-order chi connectivity index (χ0) is 10.4. The quantitative estimate of drug-likeness (QED) is 0.743. The van der Waals surface area contributed by atoms with Crippen LogP contribution in [0.2, 0.25) is 0 Å². The van der Waals surface area contributed by atoms with E-state index in [-0.39, 0.29) is 6.10 Å². The van der Waals surface area contributed by atoms with Crippen molar-refractivity contribution in [3.05, 3.63) is 42.2 Å². The number of phenolic OH excluding ortho intramolecular Hbond substituents is 1. The van der Waals surface area contributed by atoms with Gasteiger partial charge < -0.3 is 9.84 Å². The molecule has 0 heterocycles. The van der Waals surface area contributed by atoms with Crippen molar-refractivity contribution in [2.24, 2.45) is 0 Å². The van der Waals surface area contributed by atoms with E-state index in [1.165, 1.54) is 0 Å². The summed E-state index contributed by atoms with van der Waals surface area (Å²) in [5.74, 6) is 0.337. The minimum absolute atomic E-state index is 0.0829. The normalized spacial score (nSPS) is 13.0. The van der Waals surface area contributed by atoms with Crippen molar-refractivity contribution >= 4 is 0 Å². The van der Waals surface area contributed by atoms with Crippen molar-refractivity contribution in [3.63, 3.8) is 0 Å². The van der Waals surface area contributed by atoms with Crippen LogP contribution >= 0.6 is 0 Å². The minimum atomic E-state index is 0.0829. The number of para-hydroxylation sites is 1. The van der Waals surface area contributed by atoms with Crippen LogP contribution in [0.4, 0.5) is 0 Å². The summed E-state index contributed by atoms with van der Waals surface area (Å²) in [7, 11) is 0. The van der Waals surface area contributed by atoms with Crippen LogP contribution in [0.3, 0.4) is 0 Å². The van der Waals surface area contributed by atoms with Gasteiger partial charge in [0.2, 0.25) is 0 Å². The Bertz CT molecular complexity index is 305. The molecule has 0 radical (unpaired) electrons. The van der Waals surface area contributed by atoms with Gasteiger partial charge in [0.25, 0.3) is 0 Å². The largest absolute Gasteiger partial charge is 0.508 e. The fourth-order valence-electron chi connectivity index (χ4n) is 1.25. The fraction of sp³-hybridized carbons (Fsp3) is 0.333. The molecule has 0 saturated carbocycles. The maximum absolute atomic E-state index is 9.51. The maximum atomic E-state index is 9.51. The molecule has 0 aromatic heterocycles. The number of allylic oxidation sites excluding steroid dienone is 1. The number of aromatic hydroxyl groups is 1. The number of rotatable bonds is 4. The number of phenols is 1. The Morgan fingerprint density at radius 3 is 2.79 bits per heavy atom. The van der Waals surface area contributed by atoms with E-state index in [1.54, 1.807) is 12.3 Å². The van der Waals surface area contributed by atoms with Gasteiger partial charge in [0.05, 0.1) is 12.4 Å². The summed E-state index contributed by atoms with van der Waals surface area (Å²) in [6.45, 7) is 3.89. The zero-order valence-corrected chi connectivity index (χ0v) is 8.60. The molecule has 0 bridgehead atoms. The summed E-state index contributed by atoms with van der Waals surface area (Å²) in [4.78, 5) is 0. The van der Waals surface area contributed by atoms with Gasteiger partial charge in [0.1, 0.15) is 5.75 Å². The van der Waals surface area contributed by atoms with E-state index in [4.69, 9.17) is 4.74 Å². The third kappa shape index (κ3) is 3.13. The average Bonchev–Trinajstić information content (AvgIpc) is 2.18. The second kappa shape index (κ2) is 5.32. The second-order valence-electron chi connectivity index (χ2n) is 3.25. The molecule has 0 aliphatic carbocycles. The lowest BCUT2D eigenvalue weighted by Crippen LogP contribution is -2.07. The predicted octanol–water partition coefficient (Wildman–Crippen LogP) is 2.87. The molecule has 0 aliphatic rings. The molecule has 1 unspecified atom stereocenters. The Hall–Kier alpha value is -1.44. The highest BCUT2D eigenvalue weighted by Gasteiger charge is 2.05. The summed E-state index contributed by atoms with van der Waals surface area (Å²) in [6.07, 6.45) is 4.32. The molecule has 2 heteroatoms. The van der Waals surface area contributed by atoms with Crippen LogP contribution in [0, 0.1) is 0 Å². The lowest BCUT2D eigenvalue weighted by atomic mass is 10.1. The molecule has 0 saturated heterocycles. The Kier molecular flexibility index (Phi) is 4.05. The zero-order valence-electron chi connectivity index (χ0n) is 8.60. The van der Waals surface area contributed by atoms with Crippen molar-refractivity contribution < 1.29 is 9.84 Å². The second-order valence-corrected chi connectivity index (χ2v) is 3.25. The highest BCUT2D eigenvalue weighted by Crippen LogP contribution is 2.18. The van der Waals surface area contributed by atoms with Crippen molar-refractivity contribution in [1.82, 2.24) is 0 Å². The number of ether oxygens (including phenoxy) is 1. The van der Waals surface area contributed by atoms with Gasteiger partial charge in [-0.2, -0.15) is 0 Å². The summed E-state index contributed by atoms with van der Waals surface area (Å²) >= 11 is 0. The maximum Gasteiger partial charge on any atom is 0.118 e. The minimum Gasteiger partial charge on any atom is -0.508 e. The van der Waals surface area contributed by atoms with Crippen LogP contribution < -0.4 is 0 Å². The van der Waals surface area contributed by atoms with Gasteiger partial charge in [-0.3, -0.25) is 0 Å². The Labute approximate surface area is 84.8 Å². The molecular weight excluding hydrogens is 176 g/mol. The first-order valence-corrected chi connectivity index (χ1v) is 4.77. The van der Waals surface area contributed by atoms with Gasteiger partial charge in [0, 0.05) is 6.42 Å². The van der Waals surface area contributed by atoms with Crippen LogP contribution in [0.15, 0.2) is 36.6 Å². The lowest BCUT2D eigenvalue weighted by Gasteiger charge is -2.11. The molecular formula is C12H16O2. The van der Waals surface area contributed by atoms with E-state index >= 15 is 0 Å². The molecule has 1 rings (SSSR count). The van der Waals surface area contributed by atoms with Gasteiger partial charge in [0.15, 0.2) is 0 Å². The summed E-state index contributed by atoms with van der Waals surface area (Å²) < 4.78 is 5.36. The molecule has 0 amide bonds. The molecule has 0 spiro atoms. The smallest absolute Gasteiger partial charge is 0.118 e. The van der Waals surface area contributed by atoms with E-state index < -0.39 is 0 Å². The first-order valence-electron chi connectivity index (χ1n) is 4.77. The van der Waals surface area contributed by atoms with Gasteiger partial charge in [-0.05, 0) is 25.5 Å². The molecule has 2 nitrogen and oxygen atoms in total. The summed E-state index contributed by atoms with van der Waals surface area (Å²) in [6, 6.07) is 7.33. The average molecular weight is 192 g/mol. The SMILES string of the molecule is CC=COC(C)Cc1ccccc1O. The Morgan fingerprint density at radius 1 is 1.43 bits per heavy atom. The van der Waals surface area contributed by atoms with Gasteiger partial charge in [-0.15, -0.1) is 0 Å². The standard InChI is InChI=1S/C12H16O2/c1-3-8-14-10(2)9-11-6-4-5-7-12(11)13/h3-8,10,13H,9H2,1-2H3. The molecule has 1 atom stereocenters. The van der Waals surface area contributed by atoms with Crippen LogP contribution in [0.25, 0.3) is 0 Å². The highest BCUT2D eigenvalue weighted by atomic mass is 16.5. The number of hydrogen-bond acceptors (Lipinski definition) is 2. The van der Waals surface area contributed by atoms with Gasteiger partial charge in [-0.25, -0.2) is 0 Å². The van der Waals surface area contributed by atoms with E-state index in [0.717, 1.165) is 12.0 Å². The number of hydrogen-bond donors (Lipinski definition) is 1. The molecule has 76 valence electrons. The predicted molar refractivity (Wildman–Crippen MR) is 57.2 cm³/mol. The molecule has 1 N–H and O–H groups in total.